The molecule has 1 aromatic heterocycles. The van der Waals surface area contributed by atoms with Gasteiger partial charge < -0.3 is 15.2 Å². The molecule has 1 aliphatic carbocycles. The van der Waals surface area contributed by atoms with Gasteiger partial charge in [0.2, 0.25) is 11.8 Å². The molecule has 7 nitrogen and oxygen atoms in total. The Morgan fingerprint density at radius 2 is 1.70 bits per heavy atom. The van der Waals surface area contributed by atoms with Crippen molar-refractivity contribution in [3.8, 4) is 0 Å². The minimum absolute atomic E-state index is 0.0402. The number of fused-ring (bicyclic) bond motifs is 3. The Morgan fingerprint density at radius 3 is 2.42 bits per heavy atom. The van der Waals surface area contributed by atoms with E-state index in [0.29, 0.717) is 55.2 Å². The van der Waals surface area contributed by atoms with E-state index in [-0.39, 0.29) is 17.1 Å². The van der Waals surface area contributed by atoms with E-state index >= 15 is 0 Å². The number of benzene rings is 2. The van der Waals surface area contributed by atoms with Gasteiger partial charge in [0.15, 0.2) is 0 Å². The van der Waals surface area contributed by atoms with Gasteiger partial charge in [0.25, 0.3) is 0 Å². The molecule has 0 saturated carbocycles. The Labute approximate surface area is 252 Å². The minimum Gasteiger partial charge on any atom is -0.366 e. The summed E-state index contributed by atoms with van der Waals surface area (Å²) < 4.78 is 17.0. The standard InChI is InChI=1S/C35H42FN5O2/c1-23-38-31-10-2-3-11-32(31)41(23)28-21-26-12-13-27(22-28)40(26)19-16-35(24-6-4-7-25(36)20-24)14-17-39(18-15-35)34(43)30-9-5-8-29(30)33(37)42/h2-4,6-7,10-11,20,26-28H,5,8-9,12-19,21-22H2,1H3,(H2,37,42). The summed E-state index contributed by atoms with van der Waals surface area (Å²) in [7, 11) is 0. The molecule has 2 atom stereocenters. The number of rotatable bonds is 7. The minimum atomic E-state index is -0.471. The predicted molar refractivity (Wildman–Crippen MR) is 165 cm³/mol. The van der Waals surface area contributed by atoms with Gasteiger partial charge in [-0.2, -0.15) is 0 Å². The zero-order valence-electron chi connectivity index (χ0n) is 25.1. The number of nitrogens with zero attached hydrogens (tertiary/aromatic N) is 4. The highest BCUT2D eigenvalue weighted by molar-refractivity contribution is 6.04. The summed E-state index contributed by atoms with van der Waals surface area (Å²) in [6.07, 6.45) is 9.23. The smallest absolute Gasteiger partial charge is 0.250 e. The second-order valence-corrected chi connectivity index (χ2v) is 13.3. The molecule has 2 N–H and O–H groups in total. The van der Waals surface area contributed by atoms with E-state index in [9.17, 15) is 14.0 Å². The van der Waals surface area contributed by atoms with Crippen LogP contribution in [0.4, 0.5) is 4.39 Å². The summed E-state index contributed by atoms with van der Waals surface area (Å²) in [5.74, 6) is 0.381. The molecule has 3 fully saturated rings. The number of piperidine rings is 2. The Bertz CT molecular complexity index is 1570. The summed E-state index contributed by atoms with van der Waals surface area (Å²) in [4.78, 5) is 34.8. The lowest BCUT2D eigenvalue weighted by molar-refractivity contribution is -0.129. The number of aryl methyl sites for hydroxylation is 1. The van der Waals surface area contributed by atoms with Gasteiger partial charge in [-0.15, -0.1) is 0 Å². The number of hydrogen-bond donors (Lipinski definition) is 1. The molecule has 43 heavy (non-hydrogen) atoms. The third-order valence-corrected chi connectivity index (χ3v) is 11.1. The van der Waals surface area contributed by atoms with Crippen LogP contribution in [0.2, 0.25) is 0 Å². The lowest BCUT2D eigenvalue weighted by atomic mass is 9.70. The SMILES string of the molecule is Cc1nc2ccccc2n1C1CC2CCC(C1)N2CCC1(c2cccc(F)c2)CCN(C(=O)C2=C(C(N)=O)CCC2)CC1. The summed E-state index contributed by atoms with van der Waals surface area (Å²) in [5, 5.41) is 0. The second kappa shape index (κ2) is 11.2. The molecule has 3 saturated heterocycles. The molecule has 2 amide bonds. The lowest BCUT2D eigenvalue weighted by Gasteiger charge is -2.46. The number of hydrogen-bond acceptors (Lipinski definition) is 4. The van der Waals surface area contributed by atoms with Crippen molar-refractivity contribution in [2.45, 2.75) is 94.7 Å². The molecular formula is C35H42FN5O2. The van der Waals surface area contributed by atoms with Crippen LogP contribution in [0.1, 0.15) is 81.6 Å². The maximum absolute atomic E-state index is 14.5. The van der Waals surface area contributed by atoms with Crippen LogP contribution in [-0.4, -0.2) is 62.9 Å². The van der Waals surface area contributed by atoms with Gasteiger partial charge in [0.05, 0.1) is 11.0 Å². The third-order valence-electron chi connectivity index (χ3n) is 11.1. The molecule has 3 aliphatic heterocycles. The van der Waals surface area contributed by atoms with Crippen molar-refractivity contribution in [1.82, 2.24) is 19.4 Å². The van der Waals surface area contributed by atoms with E-state index in [4.69, 9.17) is 10.7 Å². The second-order valence-electron chi connectivity index (χ2n) is 13.3. The Hall–Kier alpha value is -3.52. The summed E-state index contributed by atoms with van der Waals surface area (Å²) in [6, 6.07) is 17.1. The maximum Gasteiger partial charge on any atom is 0.250 e. The number of imidazole rings is 1. The van der Waals surface area contributed by atoms with Gasteiger partial charge >= 0.3 is 0 Å². The molecule has 2 bridgehead atoms. The van der Waals surface area contributed by atoms with Crippen molar-refractivity contribution in [3.05, 3.63) is 76.9 Å². The van der Waals surface area contributed by atoms with Gasteiger partial charge in [-0.1, -0.05) is 24.3 Å². The number of carbonyl (C=O) groups is 2. The number of primary amides is 1. The van der Waals surface area contributed by atoms with Gasteiger partial charge in [-0.3, -0.25) is 14.5 Å². The fourth-order valence-corrected chi connectivity index (χ4v) is 8.87. The highest BCUT2D eigenvalue weighted by Gasteiger charge is 2.44. The van der Waals surface area contributed by atoms with Crippen LogP contribution in [-0.2, 0) is 15.0 Å². The van der Waals surface area contributed by atoms with Crippen molar-refractivity contribution in [1.29, 1.82) is 0 Å². The van der Waals surface area contributed by atoms with Crippen LogP contribution in [0.25, 0.3) is 11.0 Å². The summed E-state index contributed by atoms with van der Waals surface area (Å²) in [6.45, 7) is 4.32. The van der Waals surface area contributed by atoms with Gasteiger partial charge in [0.1, 0.15) is 11.6 Å². The predicted octanol–water partition coefficient (Wildman–Crippen LogP) is 5.57. The molecule has 226 valence electrons. The van der Waals surface area contributed by atoms with Crippen LogP contribution in [0.15, 0.2) is 59.7 Å². The molecule has 4 aliphatic rings. The van der Waals surface area contributed by atoms with E-state index in [1.807, 2.05) is 11.0 Å². The molecule has 4 heterocycles. The molecule has 2 unspecified atom stereocenters. The van der Waals surface area contributed by atoms with E-state index in [2.05, 4.69) is 46.7 Å². The van der Waals surface area contributed by atoms with Crippen molar-refractivity contribution in [3.63, 3.8) is 0 Å². The monoisotopic (exact) mass is 583 g/mol. The van der Waals surface area contributed by atoms with E-state index < -0.39 is 5.91 Å². The summed E-state index contributed by atoms with van der Waals surface area (Å²) in [5.41, 5.74) is 9.85. The van der Waals surface area contributed by atoms with E-state index in [1.54, 1.807) is 6.07 Å². The number of halogens is 1. The number of nitrogens with two attached hydrogens (primary N) is 1. The molecule has 7 rings (SSSR count). The van der Waals surface area contributed by atoms with Crippen LogP contribution < -0.4 is 5.73 Å². The lowest BCUT2D eigenvalue weighted by Crippen LogP contribution is -2.49. The van der Waals surface area contributed by atoms with Crippen LogP contribution >= 0.6 is 0 Å². The Morgan fingerprint density at radius 1 is 0.977 bits per heavy atom. The molecular weight excluding hydrogens is 541 g/mol. The van der Waals surface area contributed by atoms with Gasteiger partial charge in [-0.25, -0.2) is 9.37 Å². The maximum atomic E-state index is 14.5. The number of aromatic nitrogens is 2. The fraction of sp³-hybridized carbons (Fsp3) is 0.514. The molecule has 2 aromatic carbocycles. The molecule has 0 spiro atoms. The average Bonchev–Trinajstić information content (AvgIpc) is 3.69. The first-order valence-electron chi connectivity index (χ1n) is 16.1. The zero-order valence-corrected chi connectivity index (χ0v) is 25.1. The van der Waals surface area contributed by atoms with Gasteiger partial charge in [0, 0.05) is 42.4 Å². The number of carbonyl (C=O) groups excluding carboxylic acids is 2. The third kappa shape index (κ3) is 5.07. The first-order chi connectivity index (χ1) is 20.8. The van der Waals surface area contributed by atoms with Crippen molar-refractivity contribution in [2.75, 3.05) is 19.6 Å². The van der Waals surface area contributed by atoms with E-state index in [1.165, 1.54) is 24.4 Å². The molecule has 0 radical (unpaired) electrons. The fourth-order valence-electron chi connectivity index (χ4n) is 8.87. The van der Waals surface area contributed by atoms with E-state index in [0.717, 1.165) is 62.0 Å². The number of para-hydroxylation sites is 2. The van der Waals surface area contributed by atoms with Crippen molar-refractivity contribution >= 4 is 22.8 Å². The zero-order chi connectivity index (χ0) is 29.7. The number of likely N-dealkylation sites (tertiary alicyclic amines) is 1. The Balaban J connectivity index is 1.08. The van der Waals surface area contributed by atoms with Crippen molar-refractivity contribution < 1.29 is 14.0 Å². The van der Waals surface area contributed by atoms with Gasteiger partial charge in [-0.05, 0) is 113 Å². The highest BCUT2D eigenvalue weighted by Crippen LogP contribution is 2.45. The first kappa shape index (κ1) is 28.3. The highest BCUT2D eigenvalue weighted by atomic mass is 19.1. The van der Waals surface area contributed by atoms with Crippen LogP contribution in [0, 0.1) is 12.7 Å². The van der Waals surface area contributed by atoms with Crippen LogP contribution in [0.5, 0.6) is 0 Å². The summed E-state index contributed by atoms with van der Waals surface area (Å²) >= 11 is 0. The molecule has 3 aromatic rings. The largest absolute Gasteiger partial charge is 0.366 e. The average molecular weight is 584 g/mol. The normalized spacial score (nSPS) is 25.5. The Kier molecular flexibility index (Phi) is 7.36. The number of amides is 2. The topological polar surface area (TPSA) is 84.5 Å². The van der Waals surface area contributed by atoms with Crippen molar-refractivity contribution in [2.24, 2.45) is 5.73 Å². The van der Waals surface area contributed by atoms with Crippen LogP contribution in [0.3, 0.4) is 0 Å². The quantitative estimate of drug-likeness (QED) is 0.394. The first-order valence-corrected chi connectivity index (χ1v) is 16.1. The molecule has 8 heteroatoms.